The Bertz CT molecular complexity index is 402. The number of anilines is 1. The molecule has 1 aliphatic carbocycles. The summed E-state index contributed by atoms with van der Waals surface area (Å²) in [5.74, 6) is 0.603. The fraction of sp³-hybridized carbons (Fsp3) is 0.667. The highest BCUT2D eigenvalue weighted by atomic mass is 35.5. The van der Waals surface area contributed by atoms with Crippen molar-refractivity contribution < 1.29 is 4.74 Å². The monoisotopic (exact) mass is 270 g/mol. The Kier molecular flexibility index (Phi) is 4.60. The summed E-state index contributed by atoms with van der Waals surface area (Å²) < 4.78 is 5.00. The van der Waals surface area contributed by atoms with E-state index in [9.17, 15) is 0 Å². The second-order valence-corrected chi connectivity index (χ2v) is 5.01. The Morgan fingerprint density at radius 2 is 2.17 bits per heavy atom. The fourth-order valence-corrected chi connectivity index (χ4v) is 2.39. The van der Waals surface area contributed by atoms with E-state index < -0.39 is 0 Å². The molecule has 1 aromatic rings. The maximum atomic E-state index is 6.17. The van der Waals surface area contributed by atoms with Crippen molar-refractivity contribution in [3.05, 3.63) is 11.2 Å². The van der Waals surface area contributed by atoms with Gasteiger partial charge in [-0.3, -0.25) is 0 Å². The second kappa shape index (κ2) is 6.20. The van der Waals surface area contributed by atoms with E-state index in [0.717, 1.165) is 12.8 Å². The molecule has 1 aromatic heterocycles. The zero-order chi connectivity index (χ0) is 13.0. The predicted molar refractivity (Wildman–Crippen MR) is 72.1 cm³/mol. The van der Waals surface area contributed by atoms with Gasteiger partial charge < -0.3 is 15.8 Å². The summed E-state index contributed by atoms with van der Waals surface area (Å²) in [7, 11) is 1.53. The fourth-order valence-electron chi connectivity index (χ4n) is 2.24. The third-order valence-corrected chi connectivity index (χ3v) is 3.57. The van der Waals surface area contributed by atoms with Crippen LogP contribution in [0.25, 0.3) is 0 Å². The standard InChI is InChI=1S/C12H19ClN4O/c1-18-12-15-7-8(13)11(17-12)16-10-6-4-2-3-5-9(10)14/h7,9-10H,2-6,14H2,1H3,(H,15,16,17). The van der Waals surface area contributed by atoms with Crippen LogP contribution in [0.5, 0.6) is 6.01 Å². The van der Waals surface area contributed by atoms with Gasteiger partial charge in [0.15, 0.2) is 5.82 Å². The lowest BCUT2D eigenvalue weighted by atomic mass is 10.0. The number of hydrogen-bond acceptors (Lipinski definition) is 5. The first-order valence-corrected chi connectivity index (χ1v) is 6.67. The summed E-state index contributed by atoms with van der Waals surface area (Å²) >= 11 is 6.08. The molecule has 1 saturated carbocycles. The number of aromatic nitrogens is 2. The number of rotatable bonds is 3. The van der Waals surface area contributed by atoms with Crippen LogP contribution in [0.3, 0.4) is 0 Å². The van der Waals surface area contributed by atoms with Gasteiger partial charge in [-0.25, -0.2) is 4.98 Å². The van der Waals surface area contributed by atoms with Crippen molar-refractivity contribution in [3.63, 3.8) is 0 Å². The number of methoxy groups -OCH3 is 1. The topological polar surface area (TPSA) is 73.1 Å². The van der Waals surface area contributed by atoms with E-state index in [1.165, 1.54) is 32.6 Å². The van der Waals surface area contributed by atoms with Crippen LogP contribution in [0.1, 0.15) is 32.1 Å². The minimum Gasteiger partial charge on any atom is -0.467 e. The van der Waals surface area contributed by atoms with Gasteiger partial charge in [0.05, 0.1) is 13.3 Å². The van der Waals surface area contributed by atoms with Crippen molar-refractivity contribution in [1.82, 2.24) is 9.97 Å². The van der Waals surface area contributed by atoms with Crippen molar-refractivity contribution in [2.24, 2.45) is 5.73 Å². The van der Waals surface area contributed by atoms with Crippen LogP contribution in [0.4, 0.5) is 5.82 Å². The SMILES string of the molecule is COc1ncc(Cl)c(NC2CCCCCC2N)n1. The first-order valence-electron chi connectivity index (χ1n) is 6.29. The van der Waals surface area contributed by atoms with E-state index in [2.05, 4.69) is 15.3 Å². The van der Waals surface area contributed by atoms with Gasteiger partial charge in [-0.2, -0.15) is 4.98 Å². The zero-order valence-electron chi connectivity index (χ0n) is 10.5. The van der Waals surface area contributed by atoms with Crippen molar-refractivity contribution in [2.75, 3.05) is 12.4 Å². The van der Waals surface area contributed by atoms with Crippen LogP contribution in [-0.2, 0) is 0 Å². The lowest BCUT2D eigenvalue weighted by Gasteiger charge is -2.23. The molecular weight excluding hydrogens is 252 g/mol. The van der Waals surface area contributed by atoms with Gasteiger partial charge in [-0.05, 0) is 12.8 Å². The molecule has 1 aliphatic rings. The molecule has 5 nitrogen and oxygen atoms in total. The van der Waals surface area contributed by atoms with Crippen LogP contribution >= 0.6 is 11.6 Å². The molecule has 100 valence electrons. The number of nitrogens with two attached hydrogens (primary N) is 1. The average molecular weight is 271 g/mol. The van der Waals surface area contributed by atoms with E-state index in [1.54, 1.807) is 0 Å². The number of halogens is 1. The summed E-state index contributed by atoms with van der Waals surface area (Å²) in [5, 5.41) is 3.82. The van der Waals surface area contributed by atoms with E-state index in [4.69, 9.17) is 22.1 Å². The molecule has 0 bridgehead atoms. The predicted octanol–water partition coefficient (Wildman–Crippen LogP) is 2.21. The van der Waals surface area contributed by atoms with Crippen molar-refractivity contribution in [3.8, 4) is 6.01 Å². The highest BCUT2D eigenvalue weighted by molar-refractivity contribution is 6.32. The van der Waals surface area contributed by atoms with Gasteiger partial charge in [0, 0.05) is 12.1 Å². The maximum absolute atomic E-state index is 6.17. The number of nitrogens with one attached hydrogen (secondary N) is 1. The molecule has 0 radical (unpaired) electrons. The zero-order valence-corrected chi connectivity index (χ0v) is 11.3. The first kappa shape index (κ1) is 13.4. The van der Waals surface area contributed by atoms with Crippen LogP contribution in [0.15, 0.2) is 6.20 Å². The Balaban J connectivity index is 2.11. The van der Waals surface area contributed by atoms with E-state index in [-0.39, 0.29) is 12.1 Å². The second-order valence-electron chi connectivity index (χ2n) is 4.61. The van der Waals surface area contributed by atoms with Crippen LogP contribution in [0, 0.1) is 0 Å². The van der Waals surface area contributed by atoms with Crippen LogP contribution < -0.4 is 15.8 Å². The third kappa shape index (κ3) is 3.23. The van der Waals surface area contributed by atoms with E-state index >= 15 is 0 Å². The molecule has 2 atom stereocenters. The molecule has 0 aromatic carbocycles. The highest BCUT2D eigenvalue weighted by Crippen LogP contribution is 2.25. The quantitative estimate of drug-likeness (QED) is 0.824. The normalized spacial score (nSPS) is 24.4. The minimum atomic E-state index is 0.143. The van der Waals surface area contributed by atoms with E-state index in [1.807, 2.05) is 0 Å². The van der Waals surface area contributed by atoms with Gasteiger partial charge in [0.2, 0.25) is 0 Å². The molecule has 0 saturated heterocycles. The smallest absolute Gasteiger partial charge is 0.318 e. The molecule has 18 heavy (non-hydrogen) atoms. The number of hydrogen-bond donors (Lipinski definition) is 2. The molecule has 1 fully saturated rings. The summed E-state index contributed by atoms with van der Waals surface area (Å²) in [6, 6.07) is 0.665. The third-order valence-electron chi connectivity index (χ3n) is 3.30. The summed E-state index contributed by atoms with van der Waals surface area (Å²) in [5.41, 5.74) is 6.17. The minimum absolute atomic E-state index is 0.143. The largest absolute Gasteiger partial charge is 0.467 e. The summed E-state index contributed by atoms with van der Waals surface area (Å²) in [6.07, 6.45) is 7.25. The Hall–Kier alpha value is -1.07. The molecule has 2 unspecified atom stereocenters. The maximum Gasteiger partial charge on any atom is 0.318 e. The molecule has 6 heteroatoms. The van der Waals surface area contributed by atoms with Crippen LogP contribution in [0.2, 0.25) is 5.02 Å². The molecule has 0 aliphatic heterocycles. The Labute approximate surface area is 112 Å². The molecule has 3 N–H and O–H groups in total. The van der Waals surface area contributed by atoms with Crippen molar-refractivity contribution >= 4 is 17.4 Å². The van der Waals surface area contributed by atoms with Gasteiger partial charge in [0.1, 0.15) is 5.02 Å². The van der Waals surface area contributed by atoms with Crippen molar-refractivity contribution in [1.29, 1.82) is 0 Å². The number of nitrogens with zero attached hydrogens (tertiary/aromatic N) is 2. The van der Waals surface area contributed by atoms with Gasteiger partial charge in [-0.1, -0.05) is 30.9 Å². The molecule has 1 heterocycles. The molecule has 0 spiro atoms. The van der Waals surface area contributed by atoms with Crippen molar-refractivity contribution in [2.45, 2.75) is 44.2 Å². The van der Waals surface area contributed by atoms with Gasteiger partial charge in [-0.15, -0.1) is 0 Å². The van der Waals surface area contributed by atoms with E-state index in [0.29, 0.717) is 16.9 Å². The number of ether oxygens (including phenoxy) is 1. The van der Waals surface area contributed by atoms with Crippen LogP contribution in [-0.4, -0.2) is 29.2 Å². The van der Waals surface area contributed by atoms with Gasteiger partial charge >= 0.3 is 6.01 Å². The average Bonchev–Trinajstić information content (AvgIpc) is 2.58. The van der Waals surface area contributed by atoms with Gasteiger partial charge in [0.25, 0.3) is 0 Å². The summed E-state index contributed by atoms with van der Waals surface area (Å²) in [4.78, 5) is 8.17. The summed E-state index contributed by atoms with van der Waals surface area (Å²) in [6.45, 7) is 0. The molecule has 0 amide bonds. The lowest BCUT2D eigenvalue weighted by Crippen LogP contribution is -2.39. The Morgan fingerprint density at radius 3 is 2.94 bits per heavy atom. The highest BCUT2D eigenvalue weighted by Gasteiger charge is 2.21. The Morgan fingerprint density at radius 1 is 1.39 bits per heavy atom. The molecular formula is C12H19ClN4O. The lowest BCUT2D eigenvalue weighted by molar-refractivity contribution is 0.380. The molecule has 2 rings (SSSR count). The first-order chi connectivity index (χ1) is 8.70.